The van der Waals surface area contributed by atoms with Crippen LogP contribution in [0.5, 0.6) is 0 Å². The SMILES string of the molecule is Cc1cccc(-n2nc(C(C)(C)C)cc2NC(=O)CN(Cc2ccccc2)C(=O)Nc2ccc(C#N)cc2)c1. The number of nitriles is 1. The Morgan fingerprint density at radius 2 is 1.67 bits per heavy atom. The van der Waals surface area contributed by atoms with Crippen LogP contribution in [0.1, 0.15) is 43.2 Å². The monoisotopic (exact) mass is 520 g/mol. The number of carbonyl (C=O) groups is 2. The molecule has 0 aliphatic heterocycles. The van der Waals surface area contributed by atoms with Crippen molar-refractivity contribution in [3.8, 4) is 11.8 Å². The van der Waals surface area contributed by atoms with Gasteiger partial charge < -0.3 is 15.5 Å². The highest BCUT2D eigenvalue weighted by Gasteiger charge is 2.23. The Morgan fingerprint density at radius 1 is 0.949 bits per heavy atom. The molecule has 4 aromatic rings. The molecule has 0 unspecified atom stereocenters. The molecule has 39 heavy (non-hydrogen) atoms. The fraction of sp³-hybridized carbons (Fsp3) is 0.226. The van der Waals surface area contributed by atoms with E-state index < -0.39 is 6.03 Å². The quantitative estimate of drug-likeness (QED) is 0.311. The van der Waals surface area contributed by atoms with E-state index in [1.165, 1.54) is 4.90 Å². The first-order valence-corrected chi connectivity index (χ1v) is 12.7. The molecule has 0 bridgehead atoms. The van der Waals surface area contributed by atoms with Gasteiger partial charge in [-0.1, -0.05) is 63.2 Å². The topological polar surface area (TPSA) is 103 Å². The van der Waals surface area contributed by atoms with Gasteiger partial charge in [-0.15, -0.1) is 0 Å². The molecule has 0 saturated heterocycles. The number of aryl methyl sites for hydroxylation is 1. The van der Waals surface area contributed by atoms with Crippen molar-refractivity contribution in [2.75, 3.05) is 17.2 Å². The molecule has 1 aromatic heterocycles. The predicted octanol–water partition coefficient (Wildman–Crippen LogP) is 6.02. The van der Waals surface area contributed by atoms with Crippen molar-refractivity contribution >= 4 is 23.4 Å². The zero-order chi connectivity index (χ0) is 28.0. The van der Waals surface area contributed by atoms with Gasteiger partial charge in [0.2, 0.25) is 5.91 Å². The Balaban J connectivity index is 1.57. The van der Waals surface area contributed by atoms with Crippen LogP contribution in [-0.4, -0.2) is 33.2 Å². The number of nitrogens with one attached hydrogen (secondary N) is 2. The standard InChI is InChI=1S/C31H32N6O2/c1-22-9-8-12-26(17-22)37-28(18-27(35-37)31(2,3)4)34-29(38)21-36(20-24-10-6-5-7-11-24)30(39)33-25-15-13-23(19-32)14-16-25/h5-18H,20-21H2,1-4H3,(H,33,39)(H,34,38). The lowest BCUT2D eigenvalue weighted by Crippen LogP contribution is -2.40. The van der Waals surface area contributed by atoms with Crippen LogP contribution in [0.25, 0.3) is 5.69 Å². The number of hydrogen-bond acceptors (Lipinski definition) is 4. The number of carbonyl (C=O) groups excluding carboxylic acids is 2. The Kier molecular flexibility index (Phi) is 8.11. The van der Waals surface area contributed by atoms with Gasteiger partial charge in [-0.3, -0.25) is 4.79 Å². The fourth-order valence-electron chi connectivity index (χ4n) is 3.98. The van der Waals surface area contributed by atoms with E-state index in [0.29, 0.717) is 17.1 Å². The van der Waals surface area contributed by atoms with E-state index in [2.05, 4.69) is 37.5 Å². The van der Waals surface area contributed by atoms with Gasteiger partial charge in [-0.05, 0) is 54.4 Å². The summed E-state index contributed by atoms with van der Waals surface area (Å²) in [5.74, 6) is 0.179. The first-order chi connectivity index (χ1) is 18.6. The summed E-state index contributed by atoms with van der Waals surface area (Å²) in [6.07, 6.45) is 0. The maximum absolute atomic E-state index is 13.4. The molecular weight excluding hydrogens is 488 g/mol. The minimum atomic E-state index is -0.429. The van der Waals surface area contributed by atoms with Crippen LogP contribution in [0.15, 0.2) is 84.9 Å². The number of hydrogen-bond donors (Lipinski definition) is 2. The van der Waals surface area contributed by atoms with Gasteiger partial charge in [0.1, 0.15) is 12.4 Å². The lowest BCUT2D eigenvalue weighted by Gasteiger charge is -2.23. The van der Waals surface area contributed by atoms with Gasteiger partial charge in [-0.2, -0.15) is 10.4 Å². The number of amides is 3. The van der Waals surface area contributed by atoms with Gasteiger partial charge in [0.15, 0.2) is 0 Å². The molecule has 4 rings (SSSR count). The van der Waals surface area contributed by atoms with Crippen molar-refractivity contribution < 1.29 is 9.59 Å². The predicted molar refractivity (Wildman–Crippen MR) is 153 cm³/mol. The number of rotatable bonds is 7. The van der Waals surface area contributed by atoms with Crippen molar-refractivity contribution in [1.29, 1.82) is 5.26 Å². The van der Waals surface area contributed by atoms with Crippen LogP contribution in [-0.2, 0) is 16.8 Å². The summed E-state index contributed by atoms with van der Waals surface area (Å²) >= 11 is 0. The number of benzene rings is 3. The van der Waals surface area contributed by atoms with Crippen molar-refractivity contribution in [3.05, 3.63) is 107 Å². The molecule has 0 fully saturated rings. The first-order valence-electron chi connectivity index (χ1n) is 12.7. The minimum absolute atomic E-state index is 0.180. The van der Waals surface area contributed by atoms with Crippen LogP contribution in [0.3, 0.4) is 0 Å². The Labute approximate surface area is 228 Å². The molecule has 0 aliphatic rings. The van der Waals surface area contributed by atoms with Crippen molar-refractivity contribution in [2.45, 2.75) is 39.7 Å². The second kappa shape index (κ2) is 11.7. The lowest BCUT2D eigenvalue weighted by molar-refractivity contribution is -0.116. The molecule has 8 nitrogen and oxygen atoms in total. The van der Waals surface area contributed by atoms with E-state index in [9.17, 15) is 9.59 Å². The Bertz CT molecular complexity index is 1490. The molecule has 8 heteroatoms. The van der Waals surface area contributed by atoms with E-state index >= 15 is 0 Å². The van der Waals surface area contributed by atoms with Crippen LogP contribution < -0.4 is 10.6 Å². The Hall–Kier alpha value is -4.90. The summed E-state index contributed by atoms with van der Waals surface area (Å²) < 4.78 is 1.73. The molecule has 2 N–H and O–H groups in total. The molecular formula is C31H32N6O2. The third-order valence-corrected chi connectivity index (χ3v) is 6.09. The van der Waals surface area contributed by atoms with Gasteiger partial charge in [0.05, 0.1) is 23.0 Å². The third-order valence-electron chi connectivity index (χ3n) is 6.09. The third kappa shape index (κ3) is 7.11. The minimum Gasteiger partial charge on any atom is -0.311 e. The molecule has 0 radical (unpaired) electrons. The Morgan fingerprint density at radius 3 is 2.31 bits per heavy atom. The van der Waals surface area contributed by atoms with Gasteiger partial charge >= 0.3 is 6.03 Å². The summed E-state index contributed by atoms with van der Waals surface area (Å²) in [5, 5.41) is 19.6. The number of urea groups is 1. The molecule has 3 aromatic carbocycles. The highest BCUT2D eigenvalue weighted by atomic mass is 16.2. The first kappa shape index (κ1) is 27.1. The molecule has 198 valence electrons. The van der Waals surface area contributed by atoms with E-state index in [1.807, 2.05) is 67.6 Å². The van der Waals surface area contributed by atoms with Gasteiger partial charge in [-0.25, -0.2) is 9.48 Å². The van der Waals surface area contributed by atoms with E-state index in [-0.39, 0.29) is 24.4 Å². The second-order valence-corrected chi connectivity index (χ2v) is 10.4. The van der Waals surface area contributed by atoms with Crippen molar-refractivity contribution in [1.82, 2.24) is 14.7 Å². The second-order valence-electron chi connectivity index (χ2n) is 10.4. The van der Waals surface area contributed by atoms with E-state index in [4.69, 9.17) is 10.4 Å². The molecule has 0 spiro atoms. The molecule has 0 aliphatic carbocycles. The van der Waals surface area contributed by atoms with Crippen LogP contribution in [0.4, 0.5) is 16.3 Å². The van der Waals surface area contributed by atoms with Crippen molar-refractivity contribution in [2.24, 2.45) is 0 Å². The molecule has 0 saturated carbocycles. The molecule has 0 atom stereocenters. The normalized spacial score (nSPS) is 10.9. The largest absolute Gasteiger partial charge is 0.322 e. The van der Waals surface area contributed by atoms with Crippen LogP contribution >= 0.6 is 0 Å². The highest BCUT2D eigenvalue weighted by molar-refractivity contribution is 5.96. The summed E-state index contributed by atoms with van der Waals surface area (Å²) in [4.78, 5) is 28.1. The maximum Gasteiger partial charge on any atom is 0.322 e. The maximum atomic E-state index is 13.4. The summed E-state index contributed by atoms with van der Waals surface area (Å²) in [6.45, 7) is 8.26. The molecule has 3 amide bonds. The number of nitrogens with zero attached hydrogens (tertiary/aromatic N) is 4. The van der Waals surface area contributed by atoms with Crippen LogP contribution in [0.2, 0.25) is 0 Å². The number of aromatic nitrogens is 2. The number of anilines is 2. The average molecular weight is 521 g/mol. The zero-order valence-electron chi connectivity index (χ0n) is 22.6. The van der Waals surface area contributed by atoms with E-state index in [0.717, 1.165) is 22.5 Å². The molecule has 1 heterocycles. The summed E-state index contributed by atoms with van der Waals surface area (Å²) in [5.41, 5.74) is 4.43. The lowest BCUT2D eigenvalue weighted by atomic mass is 9.92. The average Bonchev–Trinajstić information content (AvgIpc) is 3.33. The van der Waals surface area contributed by atoms with Crippen molar-refractivity contribution in [3.63, 3.8) is 0 Å². The van der Waals surface area contributed by atoms with Gasteiger partial charge in [0.25, 0.3) is 0 Å². The summed E-state index contributed by atoms with van der Waals surface area (Å²) in [6, 6.07) is 27.5. The highest BCUT2D eigenvalue weighted by Crippen LogP contribution is 2.26. The van der Waals surface area contributed by atoms with E-state index in [1.54, 1.807) is 28.9 Å². The van der Waals surface area contributed by atoms with Gasteiger partial charge in [0, 0.05) is 23.7 Å². The summed E-state index contributed by atoms with van der Waals surface area (Å²) in [7, 11) is 0. The zero-order valence-corrected chi connectivity index (χ0v) is 22.6. The fourth-order valence-corrected chi connectivity index (χ4v) is 3.98. The smallest absolute Gasteiger partial charge is 0.311 e. The van der Waals surface area contributed by atoms with Crippen LogP contribution in [0, 0.1) is 18.3 Å².